The van der Waals surface area contributed by atoms with Gasteiger partial charge in [-0.2, -0.15) is 12.1 Å². The molecule has 9 heteroatoms. The van der Waals surface area contributed by atoms with Crippen LogP contribution in [0.25, 0.3) is 11.3 Å². The van der Waals surface area contributed by atoms with Gasteiger partial charge in [0.25, 0.3) is 6.43 Å². The van der Waals surface area contributed by atoms with Crippen LogP contribution in [-0.4, -0.2) is 23.2 Å². The van der Waals surface area contributed by atoms with Crippen molar-refractivity contribution in [2.75, 3.05) is 12.2 Å². The monoisotopic (exact) mass is 559 g/mol. The van der Waals surface area contributed by atoms with E-state index in [1.54, 1.807) is 40.8 Å². The largest absolute Gasteiger partial charge is 0.483 e. The molecule has 1 heterocycles. The van der Waals surface area contributed by atoms with Gasteiger partial charge >= 0.3 is 0 Å². The molecule has 0 unspecified atom stereocenters. The average molecular weight is 560 g/mol. The van der Waals surface area contributed by atoms with Gasteiger partial charge < -0.3 is 9.30 Å². The van der Waals surface area contributed by atoms with Crippen molar-refractivity contribution in [1.82, 2.24) is 4.57 Å². The second-order valence-electron chi connectivity index (χ2n) is 4.48. The Kier molecular flexibility index (Phi) is 9.73. The van der Waals surface area contributed by atoms with Gasteiger partial charge in [0.15, 0.2) is 0 Å². The molecular weight excluding hydrogens is 547 g/mol. The molecule has 0 fully saturated rings. The Hall–Kier alpha value is 0.304. The number of nitrogens with zero attached hydrogens (tertiary/aromatic N) is 1. The molecule has 0 saturated carbocycles. The molecule has 0 bridgehead atoms. The zero-order chi connectivity index (χ0) is 17.0. The zero-order valence-corrected chi connectivity index (χ0v) is 19.1. The van der Waals surface area contributed by atoms with Gasteiger partial charge in [-0.25, -0.2) is 8.78 Å². The number of thioether (sulfide) groups is 1. The van der Waals surface area contributed by atoms with Crippen LogP contribution in [0.3, 0.4) is 0 Å². The first kappa shape index (κ1) is 22.3. The maximum Gasteiger partial charge on any atom is 0.256 e. The van der Waals surface area contributed by atoms with E-state index >= 15 is 0 Å². The van der Waals surface area contributed by atoms with E-state index in [1.165, 1.54) is 17.8 Å². The summed E-state index contributed by atoms with van der Waals surface area (Å²) in [6.45, 7) is -0.706. The smallest absolute Gasteiger partial charge is 0.256 e. The molecule has 0 spiro atoms. The van der Waals surface area contributed by atoms with E-state index in [0.717, 1.165) is 4.57 Å². The van der Waals surface area contributed by atoms with Crippen LogP contribution in [0.2, 0.25) is 5.02 Å². The second-order valence-corrected chi connectivity index (χ2v) is 6.87. The van der Waals surface area contributed by atoms with Crippen LogP contribution in [0.5, 0.6) is 5.75 Å². The van der Waals surface area contributed by atoms with Crippen molar-refractivity contribution < 1.29 is 46.2 Å². The number of halogens is 4. The summed E-state index contributed by atoms with van der Waals surface area (Å²) in [4.78, 5) is 12.1. The third-order valence-corrected chi connectivity index (χ3v) is 4.35. The van der Waals surface area contributed by atoms with Crippen LogP contribution in [0.15, 0.2) is 29.1 Å². The van der Waals surface area contributed by atoms with Crippen molar-refractivity contribution in [3.63, 3.8) is 0 Å². The molecule has 0 saturated heterocycles. The first-order chi connectivity index (χ1) is 10.9. The van der Waals surface area contributed by atoms with Gasteiger partial charge in [-0.15, -0.1) is 40.4 Å². The molecule has 0 atom stereocenters. The number of ether oxygens (including phenoxy) is 1. The van der Waals surface area contributed by atoms with Crippen LogP contribution in [0.4, 0.5) is 8.78 Å². The maximum absolute atomic E-state index is 12.8. The van der Waals surface area contributed by atoms with E-state index in [4.69, 9.17) is 16.3 Å². The molecule has 1 aromatic carbocycles. The third-order valence-electron chi connectivity index (χ3n) is 2.91. The minimum Gasteiger partial charge on any atom is -0.483 e. The Morgan fingerprint density at radius 1 is 1.46 bits per heavy atom. The number of rotatable bonds is 6. The van der Waals surface area contributed by atoms with Crippen LogP contribution >= 0.6 is 46.0 Å². The second kappa shape index (κ2) is 10.5. The van der Waals surface area contributed by atoms with Crippen LogP contribution in [-0.2, 0) is 39.3 Å². The summed E-state index contributed by atoms with van der Waals surface area (Å²) in [5.74, 6) is 1.04. The minimum absolute atomic E-state index is 0. The van der Waals surface area contributed by atoms with E-state index in [1.807, 2.05) is 6.26 Å². The molecule has 127 valence electrons. The molecule has 1 radical (unpaired) electrons. The predicted octanol–water partition coefficient (Wildman–Crippen LogP) is 4.54. The van der Waals surface area contributed by atoms with E-state index in [9.17, 15) is 13.6 Å². The summed E-state index contributed by atoms with van der Waals surface area (Å²) in [5.41, 5.74) is 0.202. The topological polar surface area (TPSA) is 31.2 Å². The molecule has 3 nitrogen and oxygen atoms in total. The summed E-state index contributed by atoms with van der Waals surface area (Å²) in [5, 5.41) is 0.309. The normalized spacial score (nSPS) is 10.6. The molecule has 0 aliphatic heterocycles. The van der Waals surface area contributed by atoms with E-state index in [-0.39, 0.29) is 38.4 Å². The quantitative estimate of drug-likeness (QED) is 0.296. The first-order valence-corrected chi connectivity index (χ1v) is 9.30. The molecule has 24 heavy (non-hydrogen) atoms. The fourth-order valence-electron chi connectivity index (χ4n) is 1.94. The Labute approximate surface area is 186 Å². The molecule has 1 aromatic heterocycles. The maximum atomic E-state index is 12.8. The number of alkyl halides is 2. The van der Waals surface area contributed by atoms with Gasteiger partial charge in [-0.1, -0.05) is 22.9 Å². The molecule has 0 aliphatic carbocycles. The Bertz CT molecular complexity index is 761. The Morgan fingerprint density at radius 2 is 2.17 bits per heavy atom. The molecule has 2 rings (SSSR count). The number of pyridine rings is 1. The van der Waals surface area contributed by atoms with E-state index < -0.39 is 18.5 Å². The fourth-order valence-corrected chi connectivity index (χ4v) is 2.90. The minimum atomic E-state index is -2.65. The van der Waals surface area contributed by atoms with Gasteiger partial charge in [0.05, 0.1) is 6.54 Å². The third kappa shape index (κ3) is 5.66. The zero-order valence-electron chi connectivity index (χ0n) is 12.6. The Balaban J connectivity index is 0.00000288. The molecule has 0 N–H and O–H groups in total. The molecular formula is C15H12ClF2INO2SY-. The van der Waals surface area contributed by atoms with Crippen molar-refractivity contribution >= 4 is 46.0 Å². The van der Waals surface area contributed by atoms with Crippen molar-refractivity contribution in [2.45, 2.75) is 13.0 Å². The molecule has 0 aliphatic rings. The van der Waals surface area contributed by atoms with Gasteiger partial charge in [0.1, 0.15) is 11.7 Å². The Morgan fingerprint density at radius 3 is 2.75 bits per heavy atom. The molecule has 2 aromatic rings. The standard InChI is InChI=1S/C15H12ClF2INO2S.Y/c1-23-8-22-9-2-3-10(11(16)6-9)13-5-4-12(19)15(21)20(13)7-14(17)18;/h2-4,6,14H,7-8H2,1H3;/q-1;. The summed E-state index contributed by atoms with van der Waals surface area (Å²) < 4.78 is 32.4. The number of hydrogen-bond donors (Lipinski definition) is 0. The van der Waals surface area contributed by atoms with Crippen LogP contribution < -0.4 is 10.3 Å². The van der Waals surface area contributed by atoms with Crippen molar-refractivity contribution in [1.29, 1.82) is 0 Å². The first-order valence-electron chi connectivity index (χ1n) is 6.45. The SMILES string of the molecule is CSCOc1ccc(-c2[c-]cc(I)c(=O)n2CC(F)F)c(Cl)c1.[Y]. The van der Waals surface area contributed by atoms with Crippen LogP contribution in [0.1, 0.15) is 0 Å². The number of hydrogen-bond acceptors (Lipinski definition) is 3. The molecule has 0 amide bonds. The van der Waals surface area contributed by atoms with Crippen LogP contribution in [0, 0.1) is 9.64 Å². The van der Waals surface area contributed by atoms with Gasteiger partial charge in [0.2, 0.25) is 5.56 Å². The van der Waals surface area contributed by atoms with Crippen molar-refractivity contribution in [2.24, 2.45) is 0 Å². The van der Waals surface area contributed by atoms with E-state index in [2.05, 4.69) is 6.07 Å². The van der Waals surface area contributed by atoms with Crippen molar-refractivity contribution in [3.05, 3.63) is 49.3 Å². The number of aromatic nitrogens is 1. The van der Waals surface area contributed by atoms with Crippen molar-refractivity contribution in [3.8, 4) is 17.0 Å². The predicted molar refractivity (Wildman–Crippen MR) is 97.7 cm³/mol. The van der Waals surface area contributed by atoms with Gasteiger partial charge in [-0.3, -0.25) is 4.79 Å². The summed E-state index contributed by atoms with van der Waals surface area (Å²) in [7, 11) is 0. The van der Waals surface area contributed by atoms with Gasteiger partial charge in [-0.05, 0) is 27.0 Å². The summed E-state index contributed by atoms with van der Waals surface area (Å²) in [6, 6.07) is 9.24. The number of benzene rings is 1. The van der Waals surface area contributed by atoms with Gasteiger partial charge in [0, 0.05) is 32.7 Å². The summed E-state index contributed by atoms with van der Waals surface area (Å²) in [6.07, 6.45) is -0.750. The fraction of sp³-hybridized carbons (Fsp3) is 0.267. The summed E-state index contributed by atoms with van der Waals surface area (Å²) >= 11 is 9.54. The van der Waals surface area contributed by atoms with E-state index in [0.29, 0.717) is 25.8 Å². The average Bonchev–Trinajstić information content (AvgIpc) is 2.50.